The van der Waals surface area contributed by atoms with E-state index < -0.39 is 20.0 Å². The summed E-state index contributed by atoms with van der Waals surface area (Å²) in [5.41, 5.74) is 8.77. The van der Waals surface area contributed by atoms with E-state index in [1.807, 2.05) is 196 Å². The maximum atomic E-state index is 13.6. The summed E-state index contributed by atoms with van der Waals surface area (Å²) in [4.78, 5) is 84.3. The molecule has 4 aliphatic heterocycles. The van der Waals surface area contributed by atoms with Crippen LogP contribution < -0.4 is 29.7 Å². The zero-order valence-electron chi connectivity index (χ0n) is 74.3. The Morgan fingerprint density at radius 2 is 0.888 bits per heavy atom. The van der Waals surface area contributed by atoms with Crippen LogP contribution in [0.5, 0.6) is 17.2 Å². The van der Waals surface area contributed by atoms with Gasteiger partial charge in [0.1, 0.15) is 17.2 Å². The van der Waals surface area contributed by atoms with Crippen molar-refractivity contribution in [1.29, 1.82) is 0 Å². The van der Waals surface area contributed by atoms with Crippen molar-refractivity contribution in [2.24, 2.45) is 24.3 Å². The van der Waals surface area contributed by atoms with E-state index in [9.17, 15) is 45.6 Å². The average Bonchev–Trinajstić information content (AvgIpc) is 1.76. The molecule has 0 saturated carbocycles. The van der Waals surface area contributed by atoms with E-state index in [4.69, 9.17) is 24.4 Å². The van der Waals surface area contributed by atoms with Crippen molar-refractivity contribution in [3.05, 3.63) is 322 Å². The molecule has 35 heteroatoms. The van der Waals surface area contributed by atoms with E-state index in [-0.39, 0.29) is 123 Å². The van der Waals surface area contributed by atoms with E-state index in [1.165, 1.54) is 32.1 Å². The topological polar surface area (TPSA) is 331 Å². The van der Waals surface area contributed by atoms with Crippen LogP contribution in [0.4, 0.5) is 5.69 Å². The standard InChI is InChI=1S/C31H32N6O4S.C27H26N6O3S2.C25H27N3O3S.C14H20N2O3S.2CH4/c1-20-6-5-7-23(16-20)30(39)32-18-28-33-34-31(36(28)2)42-19-29(38)37-27(22-10-14-25(41-4)15-11-22)17-26(35-37)21-8-12-24(40-3)13-9-21;1-32-24(16-28-26(35)19-7-4-3-5-8-19)29-30-27(32)38-17-25(34)33-22(18-10-12-20(36-2)13-11-18)15-21(31-33)23-9-6-14-37-23;29-25(27-18-16-26(17-19-27)23-12-6-2-7-13-23)21-28(20-22-10-4-1-5-11-22)32(30,31)24-14-8-3-9-15-24;1-2-16(12-14(17)15-10-6-7-11-15)20(18,19)13-8-4-3-5-9-13;;/h5-16,27H,17-19H2,1-4H3,(H,32,39);3-14,22H,15-17H2,1-2H3,(H,28,35);1-15H,16-21H2;3-5,8-9H,2,6-7,10-12H2,1H3;2*1H4. The molecule has 2 fully saturated rings. The Bertz CT molecular complexity index is 6160. The first-order chi connectivity index (χ1) is 64.0. The number of amides is 6. The number of thiophene rings is 1. The fourth-order valence-corrected chi connectivity index (χ4v) is 20.0. The average molecular weight is 1910 g/mol. The van der Waals surface area contributed by atoms with Crippen molar-refractivity contribution >= 4 is 107 Å². The van der Waals surface area contributed by atoms with Crippen LogP contribution in [-0.4, -0.2) is 213 Å². The number of likely N-dealkylation sites (N-methyl/N-ethyl adjacent to an activating group) is 1. The number of hydrazone groups is 2. The van der Waals surface area contributed by atoms with Crippen LogP contribution >= 0.6 is 34.9 Å². The highest BCUT2D eigenvalue weighted by Crippen LogP contribution is 2.38. The number of hydrogen-bond donors (Lipinski definition) is 2. The fraction of sp³-hybridized carbons (Fsp3) is 0.293. The van der Waals surface area contributed by atoms with E-state index in [1.54, 1.807) is 147 Å². The predicted octanol–water partition coefficient (Wildman–Crippen LogP) is 14.6. The van der Waals surface area contributed by atoms with Gasteiger partial charge < -0.3 is 48.7 Å². The normalized spacial score (nSPS) is 14.6. The summed E-state index contributed by atoms with van der Waals surface area (Å²) in [6, 6.07) is 79.1. The summed E-state index contributed by atoms with van der Waals surface area (Å²) in [5.74, 6) is 2.79. The van der Waals surface area contributed by atoms with Gasteiger partial charge in [-0.15, -0.1) is 31.7 Å². The van der Waals surface area contributed by atoms with Gasteiger partial charge in [-0.2, -0.15) is 18.8 Å². The molecule has 2 unspecified atom stereocenters. The Hall–Kier alpha value is -13.2. The van der Waals surface area contributed by atoms with Crippen LogP contribution in [0.25, 0.3) is 0 Å². The second-order valence-electron chi connectivity index (χ2n) is 31.0. The molecule has 7 heterocycles. The molecule has 3 aromatic heterocycles. The van der Waals surface area contributed by atoms with Crippen molar-refractivity contribution < 1.29 is 59.8 Å². The highest BCUT2D eigenvalue weighted by Gasteiger charge is 2.37. The summed E-state index contributed by atoms with van der Waals surface area (Å²) >= 11 is 4.19. The second kappa shape index (κ2) is 49.0. The van der Waals surface area contributed by atoms with Crippen LogP contribution in [0.15, 0.2) is 297 Å². The van der Waals surface area contributed by atoms with Crippen molar-refractivity contribution in [3.8, 4) is 17.2 Å². The van der Waals surface area contributed by atoms with Crippen molar-refractivity contribution in [1.82, 2.24) is 68.6 Å². The number of likely N-dealkylation sites (tertiary alicyclic amines) is 1. The highest BCUT2D eigenvalue weighted by molar-refractivity contribution is 8.00. The Labute approximate surface area is 796 Å². The maximum Gasteiger partial charge on any atom is 0.253 e. The third kappa shape index (κ3) is 26.7. The first-order valence-electron chi connectivity index (χ1n) is 42.9. The molecule has 702 valence electrons. The number of nitrogens with zero attached hydrogens (tertiary/aromatic N) is 15. The molecule has 4 aliphatic rings. The molecular weight excluding hydrogens is 1800 g/mol. The second-order valence-corrected chi connectivity index (χ2v) is 37.7. The van der Waals surface area contributed by atoms with Crippen LogP contribution in [0.1, 0.15) is 125 Å². The number of ether oxygens (including phenoxy) is 3. The zero-order valence-corrected chi connectivity index (χ0v) is 78.4. The van der Waals surface area contributed by atoms with Crippen molar-refractivity contribution in [2.45, 2.75) is 106 Å². The number of sulfonamides is 2. The molecular formula is C99H113N17O13S5. The molecule has 0 spiro atoms. The van der Waals surface area contributed by atoms with Gasteiger partial charge in [0.25, 0.3) is 23.6 Å². The van der Waals surface area contributed by atoms with Crippen LogP contribution in [0.3, 0.4) is 0 Å². The number of piperazine rings is 1. The van der Waals surface area contributed by atoms with Gasteiger partial charge in [0.2, 0.25) is 31.9 Å². The number of aromatic nitrogens is 6. The monoisotopic (exact) mass is 1910 g/mol. The lowest BCUT2D eigenvalue weighted by Crippen LogP contribution is -2.51. The molecule has 12 aromatic rings. The Balaban J connectivity index is 0.000000176. The van der Waals surface area contributed by atoms with Gasteiger partial charge in [0, 0.05) is 96.1 Å². The summed E-state index contributed by atoms with van der Waals surface area (Å²) in [6.07, 6.45) is 3.22. The minimum Gasteiger partial charge on any atom is -0.497 e. The van der Waals surface area contributed by atoms with Gasteiger partial charge in [-0.25, -0.2) is 26.9 Å². The zero-order chi connectivity index (χ0) is 93.1. The maximum absolute atomic E-state index is 13.6. The van der Waals surface area contributed by atoms with E-state index in [2.05, 4.69) is 48.1 Å². The quantitative estimate of drug-likeness (QED) is 0.0381. The molecule has 9 aromatic carbocycles. The lowest BCUT2D eigenvalue weighted by Gasteiger charge is -2.37. The lowest BCUT2D eigenvalue weighted by molar-refractivity contribution is -0.132. The third-order valence-corrected chi connectivity index (χ3v) is 29.0. The minimum atomic E-state index is -3.81. The Kier molecular flexibility index (Phi) is 37.1. The number of carbonyl (C=O) groups is 6. The van der Waals surface area contributed by atoms with E-state index >= 15 is 0 Å². The molecule has 0 aliphatic carbocycles. The van der Waals surface area contributed by atoms with E-state index in [0.717, 1.165) is 106 Å². The summed E-state index contributed by atoms with van der Waals surface area (Å²) in [6.45, 7) is 8.36. The number of benzene rings is 9. The van der Waals surface area contributed by atoms with Crippen molar-refractivity contribution in [3.63, 3.8) is 0 Å². The van der Waals surface area contributed by atoms with Gasteiger partial charge in [0.05, 0.1) is 97.2 Å². The minimum absolute atomic E-state index is 0. The molecule has 6 amide bonds. The van der Waals surface area contributed by atoms with Gasteiger partial charge in [-0.05, 0) is 163 Å². The van der Waals surface area contributed by atoms with Gasteiger partial charge >= 0.3 is 0 Å². The largest absolute Gasteiger partial charge is 0.497 e. The summed E-state index contributed by atoms with van der Waals surface area (Å²) in [7, 11) is 1.11. The SMILES string of the molecule is C.C.CCN(CC(=O)N1CCCC1)S(=O)(=O)c1ccccc1.COc1ccc(C2=NN(C(=O)CSc3nnc(CNC(=O)c4cccc(C)c4)n3C)C(c3ccc(OC)cc3)C2)cc1.COc1ccc(C2CC(c3cccs3)=NN2C(=O)CSc2nnc(CNC(=O)c3ccccc3)n2C)cc1.O=C(CN(Cc1ccccc1)S(=O)(=O)c1ccccc1)N1CCN(c2ccccc2)CC1. The van der Waals surface area contributed by atoms with E-state index in [0.29, 0.717) is 59.0 Å². The molecule has 0 radical (unpaired) electrons. The lowest BCUT2D eigenvalue weighted by atomic mass is 9.98. The highest BCUT2D eigenvalue weighted by atomic mass is 32.2. The van der Waals surface area contributed by atoms with Crippen LogP contribution in [0, 0.1) is 6.92 Å². The number of nitrogens with one attached hydrogen (secondary N) is 2. The number of methoxy groups -OCH3 is 3. The molecule has 2 N–H and O–H groups in total. The van der Waals surface area contributed by atoms with Gasteiger partial charge in [0.15, 0.2) is 22.0 Å². The van der Waals surface area contributed by atoms with Crippen LogP contribution in [0.2, 0.25) is 0 Å². The Morgan fingerprint density at radius 3 is 1.36 bits per heavy atom. The number of hydrogen-bond acceptors (Lipinski definition) is 23. The number of para-hydroxylation sites is 1. The number of aryl methyl sites for hydroxylation is 1. The predicted molar refractivity (Wildman–Crippen MR) is 524 cm³/mol. The fourth-order valence-electron chi connectivity index (χ4n) is 14.9. The summed E-state index contributed by atoms with van der Waals surface area (Å²) < 4.78 is 73.6. The third-order valence-electron chi connectivity index (χ3n) is 22.3. The number of rotatable bonds is 31. The first kappa shape index (κ1) is 101. The smallest absolute Gasteiger partial charge is 0.253 e. The summed E-state index contributed by atoms with van der Waals surface area (Å²) in [5, 5.41) is 38.4. The van der Waals surface area contributed by atoms with Crippen LogP contribution in [-0.2, 0) is 73.0 Å². The van der Waals surface area contributed by atoms with Gasteiger partial charge in [-0.1, -0.05) is 196 Å². The number of thioether (sulfide) groups is 2. The van der Waals surface area contributed by atoms with Gasteiger partial charge in [-0.3, -0.25) is 28.8 Å². The molecule has 2 saturated heterocycles. The molecule has 16 rings (SSSR count). The Morgan fingerprint density at radius 1 is 0.463 bits per heavy atom. The molecule has 2 atom stereocenters. The molecule has 134 heavy (non-hydrogen) atoms. The van der Waals surface area contributed by atoms with Crippen molar-refractivity contribution in [2.75, 3.05) is 96.6 Å². The first-order valence-corrected chi connectivity index (χ1v) is 48.7. The molecule has 30 nitrogen and oxygen atoms in total. The number of carbonyl (C=O) groups excluding carboxylic acids is 6. The number of anilines is 1. The molecule has 0 bridgehead atoms.